The van der Waals surface area contributed by atoms with Crippen molar-refractivity contribution >= 4 is 29.1 Å². The quantitative estimate of drug-likeness (QED) is 0.422. The minimum absolute atomic E-state index is 0.0460. The second-order valence-corrected chi connectivity index (χ2v) is 7.45. The van der Waals surface area contributed by atoms with Crippen molar-refractivity contribution in [3.05, 3.63) is 58.5 Å². The number of hydrogen-bond donors (Lipinski definition) is 1. The van der Waals surface area contributed by atoms with Gasteiger partial charge in [-0.3, -0.25) is 9.59 Å². The third-order valence-corrected chi connectivity index (χ3v) is 5.01. The van der Waals surface area contributed by atoms with E-state index in [1.807, 2.05) is 19.0 Å². The standard InChI is InChI=1S/C21H23ClN2O5/c1-23(2)9-5-10-24-18(16-6-4-11-29-16)17(20(26)21(24)27)19(25)14-12-13(22)7-8-15(14)28-3/h4,6-8,11-12,18,25H,5,9-10H2,1-3H3. The van der Waals surface area contributed by atoms with Crippen LogP contribution in [-0.2, 0) is 9.59 Å². The molecule has 1 fully saturated rings. The number of halogens is 1. The molecule has 1 aromatic carbocycles. The Balaban J connectivity index is 2.10. The van der Waals surface area contributed by atoms with E-state index in [0.29, 0.717) is 29.5 Å². The molecule has 0 saturated carbocycles. The summed E-state index contributed by atoms with van der Waals surface area (Å²) in [5.41, 5.74) is 0.193. The molecule has 3 rings (SSSR count). The molecule has 1 atom stereocenters. The molecule has 29 heavy (non-hydrogen) atoms. The van der Waals surface area contributed by atoms with E-state index in [9.17, 15) is 14.7 Å². The molecule has 1 aliphatic heterocycles. The number of aliphatic hydroxyl groups is 1. The highest BCUT2D eigenvalue weighted by molar-refractivity contribution is 6.46. The van der Waals surface area contributed by atoms with Gasteiger partial charge in [0.15, 0.2) is 0 Å². The highest BCUT2D eigenvalue weighted by Gasteiger charge is 2.47. The predicted molar refractivity (Wildman–Crippen MR) is 109 cm³/mol. The normalized spacial score (nSPS) is 18.7. The number of carbonyl (C=O) groups is 2. The number of benzene rings is 1. The van der Waals surface area contributed by atoms with Crippen molar-refractivity contribution in [2.75, 3.05) is 34.3 Å². The zero-order valence-corrected chi connectivity index (χ0v) is 17.3. The maximum Gasteiger partial charge on any atom is 0.295 e. The first-order chi connectivity index (χ1) is 13.8. The summed E-state index contributed by atoms with van der Waals surface area (Å²) in [6.45, 7) is 1.09. The SMILES string of the molecule is COc1ccc(Cl)cc1C(O)=C1C(=O)C(=O)N(CCCN(C)C)C1c1ccco1. The Labute approximate surface area is 174 Å². The maximum absolute atomic E-state index is 12.9. The van der Waals surface area contributed by atoms with Gasteiger partial charge in [-0.15, -0.1) is 0 Å². The van der Waals surface area contributed by atoms with E-state index < -0.39 is 17.7 Å². The predicted octanol–water partition coefficient (Wildman–Crippen LogP) is 3.32. The zero-order valence-electron chi connectivity index (χ0n) is 16.5. The molecular weight excluding hydrogens is 396 g/mol. The number of rotatable bonds is 7. The molecular formula is C21H23ClN2O5. The highest BCUT2D eigenvalue weighted by Crippen LogP contribution is 2.41. The number of likely N-dealkylation sites (tertiary alicyclic amines) is 1. The number of Topliss-reactive ketones (excluding diaryl/α,β-unsaturated/α-hetero) is 1. The van der Waals surface area contributed by atoms with Crippen LogP contribution in [0.2, 0.25) is 5.02 Å². The minimum atomic E-state index is -0.823. The van der Waals surface area contributed by atoms with Gasteiger partial charge in [-0.05, 0) is 57.4 Å². The summed E-state index contributed by atoms with van der Waals surface area (Å²) in [4.78, 5) is 29.1. The fourth-order valence-electron chi connectivity index (χ4n) is 3.42. The Morgan fingerprint density at radius 3 is 2.69 bits per heavy atom. The second kappa shape index (κ2) is 8.71. The largest absolute Gasteiger partial charge is 0.507 e. The number of ketones is 1. The number of hydrogen-bond acceptors (Lipinski definition) is 6. The molecule has 0 aliphatic carbocycles. The molecule has 0 spiro atoms. The smallest absolute Gasteiger partial charge is 0.295 e. The Morgan fingerprint density at radius 1 is 1.31 bits per heavy atom. The van der Waals surface area contributed by atoms with E-state index in [0.717, 1.165) is 6.54 Å². The van der Waals surface area contributed by atoms with Gasteiger partial charge in [-0.1, -0.05) is 11.6 Å². The molecule has 0 bridgehead atoms. The molecule has 1 aromatic heterocycles. The Hall–Kier alpha value is -2.77. The zero-order chi connectivity index (χ0) is 21.1. The van der Waals surface area contributed by atoms with Crippen LogP contribution in [-0.4, -0.2) is 60.9 Å². The molecule has 1 N–H and O–H groups in total. The van der Waals surface area contributed by atoms with Gasteiger partial charge in [-0.2, -0.15) is 0 Å². The van der Waals surface area contributed by atoms with Gasteiger partial charge in [0.1, 0.15) is 23.3 Å². The monoisotopic (exact) mass is 418 g/mol. The molecule has 1 saturated heterocycles. The van der Waals surface area contributed by atoms with E-state index in [4.69, 9.17) is 20.8 Å². The summed E-state index contributed by atoms with van der Waals surface area (Å²) in [5.74, 6) is -1.05. The third-order valence-electron chi connectivity index (χ3n) is 4.77. The molecule has 1 amide bonds. The van der Waals surface area contributed by atoms with Gasteiger partial charge in [-0.25, -0.2) is 0 Å². The molecule has 7 nitrogen and oxygen atoms in total. The maximum atomic E-state index is 12.9. The van der Waals surface area contributed by atoms with Gasteiger partial charge in [0.25, 0.3) is 11.7 Å². The van der Waals surface area contributed by atoms with E-state index in [1.165, 1.54) is 24.3 Å². The second-order valence-electron chi connectivity index (χ2n) is 7.01. The summed E-state index contributed by atoms with van der Waals surface area (Å²) >= 11 is 6.08. The number of ether oxygens (including phenoxy) is 1. The molecule has 0 radical (unpaired) electrons. The van der Waals surface area contributed by atoms with E-state index in [2.05, 4.69) is 0 Å². The van der Waals surface area contributed by atoms with Crippen LogP contribution in [0.3, 0.4) is 0 Å². The average molecular weight is 419 g/mol. The Kier molecular flexibility index (Phi) is 6.30. The fraction of sp³-hybridized carbons (Fsp3) is 0.333. The number of nitrogens with zero attached hydrogens (tertiary/aromatic N) is 2. The van der Waals surface area contributed by atoms with Crippen molar-refractivity contribution in [1.82, 2.24) is 9.80 Å². The summed E-state index contributed by atoms with van der Waals surface area (Å²) in [6, 6.07) is 7.23. The van der Waals surface area contributed by atoms with E-state index >= 15 is 0 Å². The van der Waals surface area contributed by atoms with Crippen LogP contribution in [0, 0.1) is 0 Å². The molecule has 2 aromatic rings. The lowest BCUT2D eigenvalue weighted by molar-refractivity contribution is -0.140. The fourth-order valence-corrected chi connectivity index (χ4v) is 3.59. The van der Waals surface area contributed by atoms with Gasteiger partial charge in [0, 0.05) is 11.6 Å². The topological polar surface area (TPSA) is 83.2 Å². The number of aliphatic hydroxyl groups excluding tert-OH is 1. The van der Waals surface area contributed by atoms with Crippen molar-refractivity contribution in [3.63, 3.8) is 0 Å². The molecule has 1 unspecified atom stereocenters. The summed E-state index contributed by atoms with van der Waals surface area (Å²) in [7, 11) is 5.32. The van der Waals surface area contributed by atoms with Crippen LogP contribution in [0.4, 0.5) is 0 Å². The number of carbonyl (C=O) groups excluding carboxylic acids is 2. The van der Waals surface area contributed by atoms with Gasteiger partial charge in [0.2, 0.25) is 0 Å². The van der Waals surface area contributed by atoms with Crippen LogP contribution in [0.5, 0.6) is 5.75 Å². The summed E-state index contributed by atoms with van der Waals surface area (Å²) in [6.07, 6.45) is 2.13. The lowest BCUT2D eigenvalue weighted by atomic mass is 9.98. The molecule has 8 heteroatoms. The van der Waals surface area contributed by atoms with Crippen LogP contribution in [0.25, 0.3) is 5.76 Å². The minimum Gasteiger partial charge on any atom is -0.507 e. The van der Waals surface area contributed by atoms with Crippen molar-refractivity contribution in [2.24, 2.45) is 0 Å². The van der Waals surface area contributed by atoms with Crippen molar-refractivity contribution < 1.29 is 23.8 Å². The number of amides is 1. The lowest BCUT2D eigenvalue weighted by Crippen LogP contribution is -2.32. The van der Waals surface area contributed by atoms with Crippen molar-refractivity contribution in [2.45, 2.75) is 12.5 Å². The average Bonchev–Trinajstić information content (AvgIpc) is 3.29. The third kappa shape index (κ3) is 4.16. The number of furan rings is 1. The van der Waals surface area contributed by atoms with Crippen molar-refractivity contribution in [3.8, 4) is 5.75 Å². The lowest BCUT2D eigenvalue weighted by Gasteiger charge is -2.24. The Bertz CT molecular complexity index is 937. The van der Waals surface area contributed by atoms with Crippen LogP contribution in [0.15, 0.2) is 46.6 Å². The summed E-state index contributed by atoms with van der Waals surface area (Å²) in [5, 5.41) is 11.4. The van der Waals surface area contributed by atoms with Crippen LogP contribution < -0.4 is 4.74 Å². The van der Waals surface area contributed by atoms with Crippen LogP contribution >= 0.6 is 11.6 Å². The first-order valence-electron chi connectivity index (χ1n) is 9.15. The van der Waals surface area contributed by atoms with Gasteiger partial charge < -0.3 is 24.1 Å². The van der Waals surface area contributed by atoms with E-state index in [1.54, 1.807) is 24.3 Å². The first kappa shape index (κ1) is 21.0. The number of methoxy groups -OCH3 is 1. The van der Waals surface area contributed by atoms with Crippen LogP contribution in [0.1, 0.15) is 23.8 Å². The highest BCUT2D eigenvalue weighted by atomic mass is 35.5. The molecule has 2 heterocycles. The van der Waals surface area contributed by atoms with Gasteiger partial charge in [0.05, 0.1) is 24.5 Å². The Morgan fingerprint density at radius 2 is 2.07 bits per heavy atom. The van der Waals surface area contributed by atoms with E-state index in [-0.39, 0.29) is 16.9 Å². The molecule has 1 aliphatic rings. The van der Waals surface area contributed by atoms with Crippen molar-refractivity contribution in [1.29, 1.82) is 0 Å². The summed E-state index contributed by atoms with van der Waals surface area (Å²) < 4.78 is 10.8. The molecule has 154 valence electrons. The van der Waals surface area contributed by atoms with Gasteiger partial charge >= 0.3 is 0 Å². The first-order valence-corrected chi connectivity index (χ1v) is 9.53.